The molecular weight excluding hydrogens is 266 g/mol. The number of anilines is 1. The van der Waals surface area contributed by atoms with Gasteiger partial charge in [-0.15, -0.1) is 0 Å². The van der Waals surface area contributed by atoms with Crippen molar-refractivity contribution in [2.45, 2.75) is 52.1 Å². The van der Waals surface area contributed by atoms with Crippen LogP contribution >= 0.6 is 0 Å². The highest BCUT2D eigenvalue weighted by atomic mass is 16.2. The van der Waals surface area contributed by atoms with Gasteiger partial charge in [-0.2, -0.15) is 0 Å². The van der Waals surface area contributed by atoms with Gasteiger partial charge in [0.2, 0.25) is 5.91 Å². The lowest BCUT2D eigenvalue weighted by Gasteiger charge is -2.09. The fourth-order valence-corrected chi connectivity index (χ4v) is 1.86. The molecule has 1 unspecified atom stereocenters. The highest BCUT2D eigenvalue weighted by Gasteiger charge is 2.07. The molecule has 1 aromatic carbocycles. The molecule has 21 heavy (non-hydrogen) atoms. The van der Waals surface area contributed by atoms with Crippen LogP contribution in [0.1, 0.15) is 50.4 Å². The molecule has 0 radical (unpaired) electrons. The van der Waals surface area contributed by atoms with Gasteiger partial charge in [-0.1, -0.05) is 0 Å². The Morgan fingerprint density at radius 2 is 1.76 bits per heavy atom. The second kappa shape index (κ2) is 8.42. The Hall–Kier alpha value is -1.88. The fourth-order valence-electron chi connectivity index (χ4n) is 1.86. The molecule has 0 aliphatic heterocycles. The molecule has 1 rings (SSSR count). The van der Waals surface area contributed by atoms with Crippen molar-refractivity contribution in [2.75, 3.05) is 5.32 Å². The highest BCUT2D eigenvalue weighted by Crippen LogP contribution is 2.11. The van der Waals surface area contributed by atoms with E-state index >= 15 is 0 Å². The largest absolute Gasteiger partial charge is 0.350 e. The Morgan fingerprint density at radius 3 is 2.29 bits per heavy atom. The average Bonchev–Trinajstić information content (AvgIpc) is 2.38. The quantitative estimate of drug-likeness (QED) is 0.720. The van der Waals surface area contributed by atoms with Gasteiger partial charge in [-0.3, -0.25) is 9.59 Å². The van der Waals surface area contributed by atoms with E-state index in [1.807, 2.05) is 20.8 Å². The Bertz CT molecular complexity index is 467. The normalized spacial score (nSPS) is 12.0. The molecule has 5 heteroatoms. The molecule has 0 bridgehead atoms. The van der Waals surface area contributed by atoms with Gasteiger partial charge in [0, 0.05) is 29.8 Å². The molecule has 0 aromatic heterocycles. The predicted octanol–water partition coefficient (Wildman–Crippen LogP) is 2.28. The van der Waals surface area contributed by atoms with E-state index in [9.17, 15) is 9.59 Å². The van der Waals surface area contributed by atoms with E-state index in [0.29, 0.717) is 17.7 Å². The average molecular weight is 291 g/mol. The number of nitrogens with two attached hydrogens (primary N) is 1. The third-order valence-electron chi connectivity index (χ3n) is 2.91. The lowest BCUT2D eigenvalue weighted by molar-refractivity contribution is -0.116. The summed E-state index contributed by atoms with van der Waals surface area (Å²) in [6.07, 6.45) is 2.07. The summed E-state index contributed by atoms with van der Waals surface area (Å²) >= 11 is 0. The number of benzene rings is 1. The number of nitrogens with one attached hydrogen (secondary N) is 2. The molecule has 0 aliphatic rings. The molecule has 1 aromatic rings. The third kappa shape index (κ3) is 6.90. The lowest BCUT2D eigenvalue weighted by Crippen LogP contribution is -2.30. The van der Waals surface area contributed by atoms with Gasteiger partial charge in [0.15, 0.2) is 0 Å². The van der Waals surface area contributed by atoms with Crippen molar-refractivity contribution < 1.29 is 9.59 Å². The topological polar surface area (TPSA) is 84.2 Å². The molecule has 116 valence electrons. The van der Waals surface area contributed by atoms with Crippen molar-refractivity contribution in [3.05, 3.63) is 29.8 Å². The molecule has 0 fully saturated rings. The maximum atomic E-state index is 11.8. The summed E-state index contributed by atoms with van der Waals surface area (Å²) in [6, 6.07) is 7.10. The summed E-state index contributed by atoms with van der Waals surface area (Å²) in [5, 5.41) is 5.63. The van der Waals surface area contributed by atoms with E-state index in [4.69, 9.17) is 5.73 Å². The molecule has 0 aliphatic carbocycles. The van der Waals surface area contributed by atoms with Crippen molar-refractivity contribution in [1.82, 2.24) is 5.32 Å². The maximum absolute atomic E-state index is 11.8. The van der Waals surface area contributed by atoms with E-state index in [2.05, 4.69) is 10.6 Å². The second-order valence-electron chi connectivity index (χ2n) is 5.62. The van der Waals surface area contributed by atoms with Crippen LogP contribution in [-0.4, -0.2) is 23.9 Å². The number of carbonyl (C=O) groups excluding carboxylic acids is 2. The Labute approximate surface area is 126 Å². The van der Waals surface area contributed by atoms with Crippen LogP contribution in [0.25, 0.3) is 0 Å². The van der Waals surface area contributed by atoms with Crippen LogP contribution in [0.5, 0.6) is 0 Å². The summed E-state index contributed by atoms with van der Waals surface area (Å²) in [5.41, 5.74) is 6.92. The molecule has 0 saturated heterocycles. The SMILES string of the molecule is CC(N)CCCC(=O)Nc1ccc(C(=O)NC(C)C)cc1. The van der Waals surface area contributed by atoms with Crippen molar-refractivity contribution >= 4 is 17.5 Å². The van der Waals surface area contributed by atoms with Gasteiger partial charge in [0.25, 0.3) is 5.91 Å². The van der Waals surface area contributed by atoms with Gasteiger partial charge >= 0.3 is 0 Å². The summed E-state index contributed by atoms with van der Waals surface area (Å²) in [4.78, 5) is 23.5. The molecule has 0 heterocycles. The Morgan fingerprint density at radius 1 is 1.14 bits per heavy atom. The summed E-state index contributed by atoms with van der Waals surface area (Å²) in [5.74, 6) is -0.144. The van der Waals surface area contributed by atoms with E-state index in [1.54, 1.807) is 24.3 Å². The molecule has 2 amide bonds. The van der Waals surface area contributed by atoms with Gasteiger partial charge < -0.3 is 16.4 Å². The van der Waals surface area contributed by atoms with Crippen LogP contribution in [-0.2, 0) is 4.79 Å². The molecule has 5 nitrogen and oxygen atoms in total. The first-order valence-electron chi connectivity index (χ1n) is 7.35. The van der Waals surface area contributed by atoms with E-state index < -0.39 is 0 Å². The molecule has 1 atom stereocenters. The predicted molar refractivity (Wildman–Crippen MR) is 85.2 cm³/mol. The minimum absolute atomic E-state index is 0.0324. The Balaban J connectivity index is 2.47. The number of carbonyl (C=O) groups is 2. The number of hydrogen-bond donors (Lipinski definition) is 3. The van der Waals surface area contributed by atoms with Crippen LogP contribution in [0.15, 0.2) is 24.3 Å². The van der Waals surface area contributed by atoms with Crippen molar-refractivity contribution in [3.8, 4) is 0 Å². The number of rotatable bonds is 7. The molecular formula is C16H25N3O2. The summed E-state index contributed by atoms with van der Waals surface area (Å²) in [6.45, 7) is 5.75. The molecule has 0 spiro atoms. The maximum Gasteiger partial charge on any atom is 0.251 e. The van der Waals surface area contributed by atoms with Crippen LogP contribution < -0.4 is 16.4 Å². The first kappa shape index (κ1) is 17.2. The minimum Gasteiger partial charge on any atom is -0.350 e. The van der Waals surface area contributed by atoms with Gasteiger partial charge in [0.05, 0.1) is 0 Å². The highest BCUT2D eigenvalue weighted by molar-refractivity contribution is 5.95. The van der Waals surface area contributed by atoms with E-state index in [1.165, 1.54) is 0 Å². The standard InChI is InChI=1S/C16H25N3O2/c1-11(2)18-16(21)13-7-9-14(10-8-13)19-15(20)6-4-5-12(3)17/h7-12H,4-6,17H2,1-3H3,(H,18,21)(H,19,20). The first-order valence-corrected chi connectivity index (χ1v) is 7.35. The zero-order chi connectivity index (χ0) is 15.8. The summed E-state index contributed by atoms with van der Waals surface area (Å²) < 4.78 is 0. The van der Waals surface area contributed by atoms with Crippen molar-refractivity contribution in [1.29, 1.82) is 0 Å². The van der Waals surface area contributed by atoms with Crippen LogP contribution in [0.2, 0.25) is 0 Å². The van der Waals surface area contributed by atoms with Gasteiger partial charge in [-0.25, -0.2) is 0 Å². The minimum atomic E-state index is -0.111. The number of amides is 2. The monoisotopic (exact) mass is 291 g/mol. The second-order valence-corrected chi connectivity index (χ2v) is 5.62. The van der Waals surface area contributed by atoms with Crippen LogP contribution in [0.4, 0.5) is 5.69 Å². The van der Waals surface area contributed by atoms with Crippen LogP contribution in [0, 0.1) is 0 Å². The smallest absolute Gasteiger partial charge is 0.251 e. The Kier molecular flexibility index (Phi) is 6.88. The van der Waals surface area contributed by atoms with Gasteiger partial charge in [0.1, 0.15) is 0 Å². The third-order valence-corrected chi connectivity index (χ3v) is 2.91. The fraction of sp³-hybridized carbons (Fsp3) is 0.500. The van der Waals surface area contributed by atoms with E-state index in [-0.39, 0.29) is 23.9 Å². The molecule has 4 N–H and O–H groups in total. The van der Waals surface area contributed by atoms with Gasteiger partial charge in [-0.05, 0) is 57.9 Å². The first-order chi connectivity index (χ1) is 9.88. The van der Waals surface area contributed by atoms with Crippen molar-refractivity contribution in [2.24, 2.45) is 5.73 Å². The lowest BCUT2D eigenvalue weighted by atomic mass is 10.1. The van der Waals surface area contributed by atoms with Crippen molar-refractivity contribution in [3.63, 3.8) is 0 Å². The zero-order valence-corrected chi connectivity index (χ0v) is 13.0. The number of hydrogen-bond acceptors (Lipinski definition) is 3. The van der Waals surface area contributed by atoms with Crippen LogP contribution in [0.3, 0.4) is 0 Å². The zero-order valence-electron chi connectivity index (χ0n) is 13.0. The summed E-state index contributed by atoms with van der Waals surface area (Å²) in [7, 11) is 0. The van der Waals surface area contributed by atoms with E-state index in [0.717, 1.165) is 12.8 Å². The molecule has 0 saturated carbocycles.